The SMILES string of the molecule is Cc1cccc(C)c1NC(=O)COC(=O)[C@H](Cc1ccccc1)N1C(=O)[C@H]2CC=CC[C@H]2C1=O. The Balaban J connectivity index is 1.50. The Hall–Kier alpha value is -3.74. The van der Waals surface area contributed by atoms with Crippen LogP contribution in [0.2, 0.25) is 0 Å². The van der Waals surface area contributed by atoms with Crippen molar-refractivity contribution in [3.63, 3.8) is 0 Å². The number of imide groups is 1. The van der Waals surface area contributed by atoms with Crippen LogP contribution in [0.4, 0.5) is 5.69 Å². The van der Waals surface area contributed by atoms with Gasteiger partial charge in [0.15, 0.2) is 6.61 Å². The molecule has 1 aliphatic carbocycles. The van der Waals surface area contributed by atoms with Gasteiger partial charge in [-0.15, -0.1) is 0 Å². The molecule has 1 N–H and O–H groups in total. The molecule has 0 bridgehead atoms. The van der Waals surface area contributed by atoms with E-state index in [2.05, 4.69) is 5.32 Å². The number of para-hydroxylation sites is 1. The molecule has 2 aromatic rings. The molecule has 0 radical (unpaired) electrons. The summed E-state index contributed by atoms with van der Waals surface area (Å²) < 4.78 is 5.34. The number of likely N-dealkylation sites (tertiary alicyclic amines) is 1. The second-order valence-corrected chi connectivity index (χ2v) is 8.83. The van der Waals surface area contributed by atoms with Gasteiger partial charge in [0.25, 0.3) is 5.91 Å². The van der Waals surface area contributed by atoms with E-state index in [1.54, 1.807) is 0 Å². The number of amides is 3. The van der Waals surface area contributed by atoms with Gasteiger partial charge in [0.05, 0.1) is 11.8 Å². The van der Waals surface area contributed by atoms with Gasteiger partial charge in [-0.25, -0.2) is 4.79 Å². The molecule has 176 valence electrons. The summed E-state index contributed by atoms with van der Waals surface area (Å²) >= 11 is 0. The zero-order valence-corrected chi connectivity index (χ0v) is 19.3. The van der Waals surface area contributed by atoms with Crippen LogP contribution in [0, 0.1) is 25.7 Å². The molecule has 0 saturated carbocycles. The molecule has 7 heteroatoms. The average molecular weight is 461 g/mol. The first kappa shape index (κ1) is 23.4. The van der Waals surface area contributed by atoms with E-state index in [4.69, 9.17) is 4.74 Å². The second-order valence-electron chi connectivity index (χ2n) is 8.83. The maximum Gasteiger partial charge on any atom is 0.330 e. The molecule has 0 spiro atoms. The standard InChI is InChI=1S/C27H28N2O5/c1-17-9-8-10-18(2)24(17)28-23(30)16-34-27(33)22(15-19-11-4-3-5-12-19)29-25(31)20-13-6-7-14-21(20)26(29)32/h3-12,20-22H,13-16H2,1-2H3,(H,28,30)/t20-,21+,22-/m0/s1. The van der Waals surface area contributed by atoms with Gasteiger partial charge in [-0.05, 0) is 43.4 Å². The van der Waals surface area contributed by atoms with E-state index in [9.17, 15) is 19.2 Å². The number of hydrogen-bond donors (Lipinski definition) is 1. The van der Waals surface area contributed by atoms with E-state index in [-0.39, 0.29) is 18.2 Å². The summed E-state index contributed by atoms with van der Waals surface area (Å²) in [6.07, 6.45) is 4.90. The quantitative estimate of drug-likeness (QED) is 0.389. The Morgan fingerprint density at radius 1 is 0.941 bits per heavy atom. The predicted octanol–water partition coefficient (Wildman–Crippen LogP) is 3.35. The molecule has 4 rings (SSSR count). The molecule has 7 nitrogen and oxygen atoms in total. The maximum absolute atomic E-state index is 13.2. The smallest absolute Gasteiger partial charge is 0.330 e. The number of fused-ring (bicyclic) bond motifs is 1. The van der Waals surface area contributed by atoms with Crippen LogP contribution in [0.5, 0.6) is 0 Å². The molecule has 3 amide bonds. The van der Waals surface area contributed by atoms with E-state index in [0.717, 1.165) is 21.6 Å². The first-order valence-corrected chi connectivity index (χ1v) is 11.5. The Kier molecular flexibility index (Phi) is 6.91. The molecule has 2 aromatic carbocycles. The number of esters is 1. The highest BCUT2D eigenvalue weighted by atomic mass is 16.5. The van der Waals surface area contributed by atoms with Crippen molar-refractivity contribution in [2.45, 2.75) is 39.2 Å². The van der Waals surface area contributed by atoms with Crippen molar-refractivity contribution in [3.05, 3.63) is 77.4 Å². The van der Waals surface area contributed by atoms with Gasteiger partial charge in [0, 0.05) is 12.1 Å². The average Bonchev–Trinajstić information content (AvgIpc) is 3.09. The van der Waals surface area contributed by atoms with E-state index in [1.807, 2.05) is 74.5 Å². The molecule has 34 heavy (non-hydrogen) atoms. The lowest BCUT2D eigenvalue weighted by Gasteiger charge is -2.25. The molecule has 0 aromatic heterocycles. The summed E-state index contributed by atoms with van der Waals surface area (Å²) in [7, 11) is 0. The fourth-order valence-corrected chi connectivity index (χ4v) is 4.67. The number of allylic oxidation sites excluding steroid dienone is 2. The summed E-state index contributed by atoms with van der Waals surface area (Å²) in [5.41, 5.74) is 3.25. The third-order valence-corrected chi connectivity index (χ3v) is 6.49. The molecular weight excluding hydrogens is 432 g/mol. The van der Waals surface area contributed by atoms with Crippen LogP contribution in [0.25, 0.3) is 0 Å². The molecular formula is C27H28N2O5. The topological polar surface area (TPSA) is 92.8 Å². The Bertz CT molecular complexity index is 1090. The summed E-state index contributed by atoms with van der Waals surface area (Å²) in [6, 6.07) is 13.7. The lowest BCUT2D eigenvalue weighted by molar-refractivity contribution is -0.160. The van der Waals surface area contributed by atoms with Crippen LogP contribution in [0.15, 0.2) is 60.7 Å². The summed E-state index contributed by atoms with van der Waals surface area (Å²) in [6.45, 7) is 3.25. The first-order valence-electron chi connectivity index (χ1n) is 11.5. The number of ether oxygens (including phenoxy) is 1. The minimum Gasteiger partial charge on any atom is -0.454 e. The monoisotopic (exact) mass is 460 g/mol. The highest BCUT2D eigenvalue weighted by Crippen LogP contribution is 2.36. The Morgan fingerprint density at radius 2 is 1.53 bits per heavy atom. The summed E-state index contributed by atoms with van der Waals surface area (Å²) in [5.74, 6) is -2.85. The van der Waals surface area contributed by atoms with Gasteiger partial charge in [0.2, 0.25) is 11.8 Å². The van der Waals surface area contributed by atoms with E-state index in [0.29, 0.717) is 18.5 Å². The minimum atomic E-state index is -1.12. The Labute approximate surface area is 198 Å². The number of nitrogens with one attached hydrogen (secondary N) is 1. The van der Waals surface area contributed by atoms with Gasteiger partial charge < -0.3 is 10.1 Å². The summed E-state index contributed by atoms with van der Waals surface area (Å²) in [5, 5.41) is 2.78. The number of hydrogen-bond acceptors (Lipinski definition) is 5. The number of aryl methyl sites for hydroxylation is 2. The van der Waals surface area contributed by atoms with Crippen molar-refractivity contribution in [1.29, 1.82) is 0 Å². The fourth-order valence-electron chi connectivity index (χ4n) is 4.67. The minimum absolute atomic E-state index is 0.128. The van der Waals surface area contributed by atoms with E-state index < -0.39 is 36.4 Å². The second kappa shape index (κ2) is 10.0. The third kappa shape index (κ3) is 4.78. The highest BCUT2D eigenvalue weighted by molar-refractivity contribution is 6.08. The van der Waals surface area contributed by atoms with Crippen LogP contribution in [0.3, 0.4) is 0 Å². The number of carbonyl (C=O) groups excluding carboxylic acids is 4. The van der Waals surface area contributed by atoms with Crippen molar-refractivity contribution in [3.8, 4) is 0 Å². The van der Waals surface area contributed by atoms with Crippen molar-refractivity contribution < 1.29 is 23.9 Å². The van der Waals surface area contributed by atoms with E-state index in [1.165, 1.54) is 0 Å². The number of benzene rings is 2. The van der Waals surface area contributed by atoms with Gasteiger partial charge >= 0.3 is 5.97 Å². The van der Waals surface area contributed by atoms with Crippen molar-refractivity contribution in [2.75, 3.05) is 11.9 Å². The van der Waals surface area contributed by atoms with Crippen molar-refractivity contribution in [2.24, 2.45) is 11.8 Å². The molecule has 1 fully saturated rings. The van der Waals surface area contributed by atoms with E-state index >= 15 is 0 Å². The molecule has 3 atom stereocenters. The van der Waals surface area contributed by atoms with Gasteiger partial charge in [0.1, 0.15) is 6.04 Å². The molecule has 1 saturated heterocycles. The number of anilines is 1. The van der Waals surface area contributed by atoms with Crippen LogP contribution < -0.4 is 5.32 Å². The largest absolute Gasteiger partial charge is 0.454 e. The number of carbonyl (C=O) groups is 4. The van der Waals surface area contributed by atoms with Crippen molar-refractivity contribution >= 4 is 29.4 Å². The maximum atomic E-state index is 13.2. The van der Waals surface area contributed by atoms with Crippen LogP contribution in [-0.4, -0.2) is 41.2 Å². The highest BCUT2D eigenvalue weighted by Gasteiger charge is 2.51. The van der Waals surface area contributed by atoms with Crippen LogP contribution >= 0.6 is 0 Å². The zero-order valence-electron chi connectivity index (χ0n) is 19.3. The van der Waals surface area contributed by atoms with Crippen LogP contribution in [0.1, 0.15) is 29.5 Å². The van der Waals surface area contributed by atoms with Gasteiger partial charge in [-0.2, -0.15) is 0 Å². The summed E-state index contributed by atoms with van der Waals surface area (Å²) in [4.78, 5) is 53.0. The van der Waals surface area contributed by atoms with Crippen molar-refractivity contribution in [1.82, 2.24) is 4.90 Å². The lowest BCUT2D eigenvalue weighted by Crippen LogP contribution is -2.48. The molecule has 2 aliphatic rings. The van der Waals surface area contributed by atoms with Gasteiger partial charge in [-0.3, -0.25) is 19.3 Å². The predicted molar refractivity (Wildman–Crippen MR) is 127 cm³/mol. The number of nitrogens with zero attached hydrogens (tertiary/aromatic N) is 1. The third-order valence-electron chi connectivity index (χ3n) is 6.49. The fraction of sp³-hybridized carbons (Fsp3) is 0.333. The van der Waals surface area contributed by atoms with Gasteiger partial charge in [-0.1, -0.05) is 60.7 Å². The zero-order chi connectivity index (χ0) is 24.2. The van der Waals surface area contributed by atoms with Crippen LogP contribution in [-0.2, 0) is 30.3 Å². The molecule has 0 unspecified atom stereocenters. The lowest BCUT2D eigenvalue weighted by atomic mass is 9.85. The Morgan fingerprint density at radius 3 is 2.12 bits per heavy atom. The number of rotatable bonds is 7. The normalized spacial score (nSPS) is 20.1. The first-order chi connectivity index (χ1) is 16.4. The molecule has 1 aliphatic heterocycles. The molecule has 1 heterocycles.